The number of methoxy groups -OCH3 is 1. The lowest BCUT2D eigenvalue weighted by Crippen LogP contribution is -2.31. The highest BCUT2D eigenvalue weighted by Gasteiger charge is 2.34. The highest BCUT2D eigenvalue weighted by atomic mass is 32.1. The molecule has 9 heteroatoms. The van der Waals surface area contributed by atoms with Crippen LogP contribution in [0.5, 0.6) is 5.75 Å². The maximum atomic E-state index is 13.4. The molecule has 0 spiro atoms. The summed E-state index contributed by atoms with van der Waals surface area (Å²) in [6.45, 7) is 1.87. The molecule has 8 nitrogen and oxygen atoms in total. The molecule has 1 aliphatic rings. The van der Waals surface area contributed by atoms with Crippen LogP contribution in [0.2, 0.25) is 0 Å². The van der Waals surface area contributed by atoms with Crippen molar-refractivity contribution in [3.05, 3.63) is 83.0 Å². The Bertz CT molecular complexity index is 1280. The van der Waals surface area contributed by atoms with E-state index < -0.39 is 6.04 Å². The first-order valence-electron chi connectivity index (χ1n) is 9.98. The molecule has 32 heavy (non-hydrogen) atoms. The highest BCUT2D eigenvalue weighted by Crippen LogP contribution is 2.37. The predicted octanol–water partition coefficient (Wildman–Crippen LogP) is 4.34. The molecule has 1 unspecified atom stereocenters. The number of allylic oxidation sites excluding steroid dienone is 1. The number of hydrogen-bond acceptors (Lipinski definition) is 7. The molecular weight excluding hydrogens is 424 g/mol. The smallest absolute Gasteiger partial charge is 0.257 e. The fraction of sp³-hybridized carbons (Fsp3) is 0.130. The van der Waals surface area contributed by atoms with Crippen molar-refractivity contribution >= 4 is 29.0 Å². The van der Waals surface area contributed by atoms with Crippen LogP contribution in [0.15, 0.2) is 77.4 Å². The van der Waals surface area contributed by atoms with Gasteiger partial charge in [-0.15, -0.1) is 16.4 Å². The van der Waals surface area contributed by atoms with E-state index in [2.05, 4.69) is 20.6 Å². The molecule has 4 heterocycles. The van der Waals surface area contributed by atoms with Crippen molar-refractivity contribution in [3.8, 4) is 16.5 Å². The molecule has 0 aliphatic carbocycles. The largest absolute Gasteiger partial charge is 0.497 e. The van der Waals surface area contributed by atoms with Gasteiger partial charge in [0.1, 0.15) is 17.6 Å². The van der Waals surface area contributed by atoms with E-state index in [0.717, 1.165) is 16.2 Å². The molecule has 0 bridgehead atoms. The van der Waals surface area contributed by atoms with Gasteiger partial charge >= 0.3 is 0 Å². The number of anilines is 2. The van der Waals surface area contributed by atoms with Crippen molar-refractivity contribution in [3.63, 3.8) is 0 Å². The number of carbonyl (C=O) groups is 1. The quantitative estimate of drug-likeness (QED) is 0.476. The summed E-state index contributed by atoms with van der Waals surface area (Å²) in [7, 11) is 1.62. The fourth-order valence-electron chi connectivity index (χ4n) is 3.67. The molecule has 4 aromatic rings. The zero-order valence-corrected chi connectivity index (χ0v) is 18.3. The summed E-state index contributed by atoms with van der Waals surface area (Å²) in [4.78, 5) is 23.3. The summed E-state index contributed by atoms with van der Waals surface area (Å²) in [5, 5.41) is 12.9. The number of rotatable bonds is 5. The van der Waals surface area contributed by atoms with Crippen molar-refractivity contribution in [1.82, 2.24) is 19.7 Å². The highest BCUT2D eigenvalue weighted by molar-refractivity contribution is 7.13. The van der Waals surface area contributed by atoms with E-state index in [9.17, 15) is 4.79 Å². The molecule has 160 valence electrons. The average Bonchev–Trinajstić information content (AvgIpc) is 3.49. The second-order valence-electron chi connectivity index (χ2n) is 7.19. The summed E-state index contributed by atoms with van der Waals surface area (Å²) >= 11 is 1.57. The molecule has 1 atom stereocenters. The van der Waals surface area contributed by atoms with Crippen LogP contribution < -0.4 is 15.4 Å². The Hall–Kier alpha value is -3.98. The van der Waals surface area contributed by atoms with Crippen molar-refractivity contribution in [2.75, 3.05) is 17.7 Å². The van der Waals surface area contributed by atoms with Gasteiger partial charge in [0.25, 0.3) is 5.91 Å². The van der Waals surface area contributed by atoms with E-state index in [1.54, 1.807) is 41.5 Å². The van der Waals surface area contributed by atoms with Crippen molar-refractivity contribution in [2.24, 2.45) is 0 Å². The van der Waals surface area contributed by atoms with Crippen LogP contribution in [0.4, 0.5) is 11.8 Å². The molecule has 0 saturated heterocycles. The Balaban J connectivity index is 1.60. The summed E-state index contributed by atoms with van der Waals surface area (Å²) in [6.07, 6.45) is 1.64. The number of hydrogen-bond donors (Lipinski definition) is 2. The van der Waals surface area contributed by atoms with Gasteiger partial charge in [-0.2, -0.15) is 4.98 Å². The first kappa shape index (κ1) is 20.0. The zero-order valence-electron chi connectivity index (χ0n) is 17.4. The lowest BCUT2D eigenvalue weighted by molar-refractivity contribution is -0.113. The summed E-state index contributed by atoms with van der Waals surface area (Å²) in [5.41, 5.74) is 2.13. The van der Waals surface area contributed by atoms with E-state index in [1.807, 2.05) is 54.8 Å². The Morgan fingerprint density at radius 2 is 2.00 bits per heavy atom. The number of ether oxygens (including phenoxy) is 1. The van der Waals surface area contributed by atoms with Crippen LogP contribution in [0.25, 0.3) is 10.7 Å². The Kier molecular flexibility index (Phi) is 5.16. The first-order chi connectivity index (χ1) is 15.6. The molecule has 1 amide bonds. The molecule has 1 aliphatic heterocycles. The topological polar surface area (TPSA) is 94.0 Å². The molecule has 0 radical (unpaired) electrons. The van der Waals surface area contributed by atoms with Crippen LogP contribution >= 0.6 is 11.3 Å². The third kappa shape index (κ3) is 3.63. The molecule has 0 fully saturated rings. The number of carbonyl (C=O) groups excluding carboxylic acids is 1. The van der Waals surface area contributed by atoms with Crippen molar-refractivity contribution in [1.29, 1.82) is 0 Å². The van der Waals surface area contributed by atoms with Crippen LogP contribution in [0.1, 0.15) is 18.5 Å². The maximum Gasteiger partial charge on any atom is 0.257 e. The normalized spacial score (nSPS) is 15.1. The number of fused-ring (bicyclic) bond motifs is 1. The van der Waals surface area contributed by atoms with Gasteiger partial charge in [-0.25, -0.2) is 9.67 Å². The number of amides is 1. The minimum absolute atomic E-state index is 0.256. The summed E-state index contributed by atoms with van der Waals surface area (Å²) in [6, 6.07) is 16.5. The van der Waals surface area contributed by atoms with Gasteiger partial charge in [0.15, 0.2) is 5.82 Å². The van der Waals surface area contributed by atoms with Crippen LogP contribution in [-0.2, 0) is 4.79 Å². The Morgan fingerprint density at radius 1 is 1.16 bits per heavy atom. The number of benzene rings is 1. The Labute approximate surface area is 188 Å². The molecule has 5 rings (SSSR count). The fourth-order valence-corrected chi connectivity index (χ4v) is 4.32. The molecule has 1 aromatic carbocycles. The average molecular weight is 445 g/mol. The minimum Gasteiger partial charge on any atom is -0.497 e. The molecule has 2 N–H and O–H groups in total. The molecule has 3 aromatic heterocycles. The first-order valence-corrected chi connectivity index (χ1v) is 10.9. The maximum absolute atomic E-state index is 13.4. The second kappa shape index (κ2) is 8.27. The van der Waals surface area contributed by atoms with Gasteiger partial charge in [0, 0.05) is 11.9 Å². The lowest BCUT2D eigenvalue weighted by Gasteiger charge is -2.28. The summed E-state index contributed by atoms with van der Waals surface area (Å²) < 4.78 is 7.07. The van der Waals surface area contributed by atoms with Gasteiger partial charge in [-0.1, -0.05) is 24.3 Å². The van der Waals surface area contributed by atoms with Gasteiger partial charge in [0.2, 0.25) is 5.95 Å². The second-order valence-corrected chi connectivity index (χ2v) is 8.14. The van der Waals surface area contributed by atoms with Crippen molar-refractivity contribution < 1.29 is 9.53 Å². The number of nitrogens with one attached hydrogen (secondary N) is 2. The van der Waals surface area contributed by atoms with Crippen molar-refractivity contribution in [2.45, 2.75) is 13.0 Å². The van der Waals surface area contributed by atoms with Gasteiger partial charge in [0.05, 0.1) is 17.6 Å². The van der Waals surface area contributed by atoms with Crippen LogP contribution in [0.3, 0.4) is 0 Å². The SMILES string of the molecule is COc1ccc(C2C(C(=O)Nc3ccccn3)=C(C)Nc3nc(-c4cccs4)nn32)cc1. The lowest BCUT2D eigenvalue weighted by atomic mass is 9.95. The molecular formula is C23H20N6O2S. The summed E-state index contributed by atoms with van der Waals surface area (Å²) in [5.74, 6) is 2.16. The number of pyridine rings is 1. The monoisotopic (exact) mass is 444 g/mol. The van der Waals surface area contributed by atoms with Crippen LogP contribution in [-0.4, -0.2) is 32.8 Å². The zero-order chi connectivity index (χ0) is 22.1. The Morgan fingerprint density at radius 3 is 2.69 bits per heavy atom. The number of aromatic nitrogens is 4. The van der Waals surface area contributed by atoms with E-state index in [4.69, 9.17) is 9.84 Å². The third-order valence-electron chi connectivity index (χ3n) is 5.18. The minimum atomic E-state index is -0.470. The van der Waals surface area contributed by atoms with Gasteiger partial charge in [-0.3, -0.25) is 4.79 Å². The standard InChI is InChI=1S/C23H20N6O2S/c1-14-19(22(30)26-18-7-3-4-12-24-18)20(15-8-10-16(31-2)11-9-15)29-23(25-14)27-21(28-29)17-6-5-13-32-17/h3-13,20H,1-2H3,(H,24,26,30)(H,25,27,28). The van der Waals surface area contributed by atoms with E-state index in [-0.39, 0.29) is 5.91 Å². The van der Waals surface area contributed by atoms with Gasteiger partial charge in [-0.05, 0) is 48.2 Å². The predicted molar refractivity (Wildman–Crippen MR) is 124 cm³/mol. The van der Waals surface area contributed by atoms with E-state index in [0.29, 0.717) is 28.9 Å². The molecule has 0 saturated carbocycles. The number of thiophene rings is 1. The van der Waals surface area contributed by atoms with Gasteiger partial charge < -0.3 is 15.4 Å². The third-order valence-corrected chi connectivity index (χ3v) is 6.04. The van der Waals surface area contributed by atoms with E-state index in [1.165, 1.54) is 0 Å². The van der Waals surface area contributed by atoms with E-state index >= 15 is 0 Å². The van der Waals surface area contributed by atoms with Crippen LogP contribution in [0, 0.1) is 0 Å². The number of nitrogens with zero attached hydrogens (tertiary/aromatic N) is 4.